The van der Waals surface area contributed by atoms with Gasteiger partial charge in [-0.05, 0) is 6.42 Å². The molecular weight excluding hydrogens is 268 g/mol. The average molecular weight is 281 g/mol. The Morgan fingerprint density at radius 1 is 1.27 bits per heavy atom. The van der Waals surface area contributed by atoms with E-state index in [9.17, 15) is 14.4 Å². The number of rotatable bonds is 6. The fraction of sp³-hybridized carbons (Fsp3) is 0.667. The summed E-state index contributed by atoms with van der Waals surface area (Å²) in [5, 5.41) is 0.394. The van der Waals surface area contributed by atoms with Crippen LogP contribution >= 0.6 is 15.9 Å². The first-order chi connectivity index (χ1) is 7.08. The lowest BCUT2D eigenvalue weighted by molar-refractivity contribution is -0.170. The maximum absolute atomic E-state index is 11.5. The highest BCUT2D eigenvalue weighted by molar-refractivity contribution is 9.09. The number of hydrogen-bond donors (Lipinski definition) is 0. The number of carbonyl (C=O) groups is 3. The number of hydrogen-bond acceptors (Lipinski definition) is 5. The van der Waals surface area contributed by atoms with E-state index >= 15 is 0 Å². The van der Waals surface area contributed by atoms with E-state index in [4.69, 9.17) is 0 Å². The van der Waals surface area contributed by atoms with E-state index in [1.165, 1.54) is 14.2 Å². The Balaban J connectivity index is 5.13. The number of methoxy groups -OCH3 is 2. The van der Waals surface area contributed by atoms with Gasteiger partial charge in [-0.2, -0.15) is 0 Å². The van der Waals surface area contributed by atoms with Crippen molar-refractivity contribution in [3.63, 3.8) is 0 Å². The van der Waals surface area contributed by atoms with Crippen molar-refractivity contribution in [1.82, 2.24) is 0 Å². The molecule has 0 aliphatic rings. The van der Waals surface area contributed by atoms with Crippen LogP contribution in [0.2, 0.25) is 0 Å². The summed E-state index contributed by atoms with van der Waals surface area (Å²) in [7, 11) is 2.33. The second kappa shape index (κ2) is 6.55. The van der Waals surface area contributed by atoms with Gasteiger partial charge in [-0.15, -0.1) is 0 Å². The minimum absolute atomic E-state index is 0.158. The van der Waals surface area contributed by atoms with Crippen LogP contribution < -0.4 is 0 Å². The van der Waals surface area contributed by atoms with Crippen molar-refractivity contribution in [3.8, 4) is 0 Å². The lowest BCUT2D eigenvalue weighted by atomic mass is 9.82. The Hall–Kier alpha value is -0.910. The second-order valence-corrected chi connectivity index (χ2v) is 3.67. The lowest BCUT2D eigenvalue weighted by Crippen LogP contribution is -2.42. The number of esters is 2. The molecule has 0 atom stereocenters. The van der Waals surface area contributed by atoms with Crippen LogP contribution in [0.1, 0.15) is 12.8 Å². The highest BCUT2D eigenvalue weighted by Gasteiger charge is 2.47. The number of halogens is 1. The van der Waals surface area contributed by atoms with Crippen molar-refractivity contribution in [1.29, 1.82) is 0 Å². The third kappa shape index (κ3) is 3.02. The Kier molecular flexibility index (Phi) is 6.15. The summed E-state index contributed by atoms with van der Waals surface area (Å²) < 4.78 is 9.05. The van der Waals surface area contributed by atoms with E-state index in [-0.39, 0.29) is 12.8 Å². The third-order valence-corrected chi connectivity index (χ3v) is 2.50. The molecule has 15 heavy (non-hydrogen) atoms. The van der Waals surface area contributed by atoms with E-state index in [0.29, 0.717) is 11.6 Å². The number of aldehydes is 1. The Labute approximate surface area is 96.2 Å². The van der Waals surface area contributed by atoms with E-state index in [1.807, 2.05) is 0 Å². The molecule has 0 unspecified atom stereocenters. The highest BCUT2D eigenvalue weighted by Crippen LogP contribution is 2.30. The zero-order chi connectivity index (χ0) is 11.9. The maximum atomic E-state index is 11.5. The predicted octanol–water partition coefficient (Wildman–Crippen LogP) is 0.693. The average Bonchev–Trinajstić information content (AvgIpc) is 2.26. The predicted molar refractivity (Wildman–Crippen MR) is 55.6 cm³/mol. The fourth-order valence-corrected chi connectivity index (χ4v) is 1.93. The molecule has 0 radical (unpaired) electrons. The molecule has 6 heteroatoms. The first kappa shape index (κ1) is 14.1. The molecule has 0 aliphatic heterocycles. The van der Waals surface area contributed by atoms with Crippen molar-refractivity contribution in [2.75, 3.05) is 19.5 Å². The molecule has 0 heterocycles. The molecule has 0 amide bonds. The molecule has 0 N–H and O–H groups in total. The van der Waals surface area contributed by atoms with Crippen molar-refractivity contribution in [2.45, 2.75) is 12.8 Å². The first-order valence-electron chi connectivity index (χ1n) is 4.25. The molecule has 0 fully saturated rings. The quantitative estimate of drug-likeness (QED) is 0.310. The molecule has 0 spiro atoms. The van der Waals surface area contributed by atoms with Crippen LogP contribution in [0.4, 0.5) is 0 Å². The molecule has 0 aromatic rings. The smallest absolute Gasteiger partial charge is 0.323 e. The topological polar surface area (TPSA) is 69.7 Å². The van der Waals surface area contributed by atoms with Gasteiger partial charge in [-0.1, -0.05) is 15.9 Å². The maximum Gasteiger partial charge on any atom is 0.323 e. The minimum atomic E-state index is -1.52. The Morgan fingerprint density at radius 2 is 1.73 bits per heavy atom. The Bertz CT molecular complexity index is 235. The van der Waals surface area contributed by atoms with Crippen molar-refractivity contribution in [2.24, 2.45) is 5.41 Å². The standard InChI is InChI=1S/C9H13BrO5/c1-14-7(12)9(3-5-10,4-6-11)8(13)15-2/h6H,3-5H2,1-2H3. The van der Waals surface area contributed by atoms with Crippen LogP contribution in [0.5, 0.6) is 0 Å². The van der Waals surface area contributed by atoms with Gasteiger partial charge < -0.3 is 14.3 Å². The third-order valence-electron chi connectivity index (χ3n) is 2.11. The zero-order valence-electron chi connectivity index (χ0n) is 8.62. The van der Waals surface area contributed by atoms with E-state index in [2.05, 4.69) is 25.4 Å². The second-order valence-electron chi connectivity index (χ2n) is 2.88. The first-order valence-corrected chi connectivity index (χ1v) is 5.37. The monoisotopic (exact) mass is 280 g/mol. The van der Waals surface area contributed by atoms with Gasteiger partial charge in [0.05, 0.1) is 14.2 Å². The molecule has 0 rings (SSSR count). The summed E-state index contributed by atoms with van der Waals surface area (Å²) in [4.78, 5) is 33.5. The SMILES string of the molecule is COC(=O)C(CC=O)(CCBr)C(=O)OC. The van der Waals surface area contributed by atoms with Gasteiger partial charge in [0.15, 0.2) is 5.41 Å². The van der Waals surface area contributed by atoms with Crippen molar-refractivity contribution in [3.05, 3.63) is 0 Å². The number of carbonyl (C=O) groups excluding carboxylic acids is 3. The summed E-state index contributed by atoms with van der Waals surface area (Å²) in [6, 6.07) is 0. The van der Waals surface area contributed by atoms with E-state index < -0.39 is 17.4 Å². The van der Waals surface area contributed by atoms with Crippen molar-refractivity contribution < 1.29 is 23.9 Å². The minimum Gasteiger partial charge on any atom is -0.468 e. The van der Waals surface area contributed by atoms with Gasteiger partial charge in [0.2, 0.25) is 0 Å². The number of ether oxygens (including phenoxy) is 2. The van der Waals surface area contributed by atoms with E-state index in [1.54, 1.807) is 0 Å². The van der Waals surface area contributed by atoms with E-state index in [0.717, 1.165) is 0 Å². The van der Waals surface area contributed by atoms with Crippen molar-refractivity contribution >= 4 is 34.2 Å². The summed E-state index contributed by atoms with van der Waals surface area (Å²) in [6.45, 7) is 0. The molecule has 0 saturated heterocycles. The molecule has 0 bridgehead atoms. The van der Waals surface area contributed by atoms with Crippen LogP contribution in [-0.4, -0.2) is 37.8 Å². The fourth-order valence-electron chi connectivity index (χ4n) is 1.25. The molecular formula is C9H13BrO5. The molecule has 0 aromatic carbocycles. The van der Waals surface area contributed by atoms with Crippen LogP contribution in [0, 0.1) is 5.41 Å². The zero-order valence-corrected chi connectivity index (χ0v) is 10.2. The molecule has 5 nitrogen and oxygen atoms in total. The lowest BCUT2D eigenvalue weighted by Gasteiger charge is -2.25. The summed E-state index contributed by atoms with van der Waals surface area (Å²) in [6.07, 6.45) is 0.430. The summed E-state index contributed by atoms with van der Waals surface area (Å²) in [5.74, 6) is -1.50. The molecule has 0 aromatic heterocycles. The molecule has 86 valence electrons. The van der Waals surface area contributed by atoms with Gasteiger partial charge in [0, 0.05) is 11.8 Å². The van der Waals surface area contributed by atoms with Gasteiger partial charge in [-0.25, -0.2) is 0 Å². The van der Waals surface area contributed by atoms with Crippen LogP contribution in [0.3, 0.4) is 0 Å². The molecule has 0 saturated carbocycles. The Morgan fingerprint density at radius 3 is 2.00 bits per heavy atom. The van der Waals surface area contributed by atoms with Crippen LogP contribution in [-0.2, 0) is 23.9 Å². The summed E-state index contributed by atoms with van der Waals surface area (Å²) in [5.41, 5.74) is -1.52. The van der Waals surface area contributed by atoms with Crippen LogP contribution in [0.15, 0.2) is 0 Å². The highest BCUT2D eigenvalue weighted by atomic mass is 79.9. The van der Waals surface area contributed by atoms with Crippen LogP contribution in [0.25, 0.3) is 0 Å². The molecule has 0 aliphatic carbocycles. The van der Waals surface area contributed by atoms with Gasteiger partial charge in [-0.3, -0.25) is 9.59 Å². The van der Waals surface area contributed by atoms with Gasteiger partial charge in [0.25, 0.3) is 0 Å². The largest absolute Gasteiger partial charge is 0.468 e. The summed E-state index contributed by atoms with van der Waals surface area (Å²) >= 11 is 3.12. The number of alkyl halides is 1. The van der Waals surface area contributed by atoms with Gasteiger partial charge in [0.1, 0.15) is 6.29 Å². The normalized spacial score (nSPS) is 10.6. The van der Waals surface area contributed by atoms with Gasteiger partial charge >= 0.3 is 11.9 Å².